The topological polar surface area (TPSA) is 160 Å². The number of hydrogen-bond donors (Lipinski definition) is 2. The van der Waals surface area contributed by atoms with Crippen molar-refractivity contribution in [3.63, 3.8) is 0 Å². The van der Waals surface area contributed by atoms with E-state index in [2.05, 4.69) is 40.7 Å². The highest BCUT2D eigenvalue weighted by atomic mass is 28.4. The Balaban J connectivity index is 3.93. The van der Waals surface area contributed by atoms with Gasteiger partial charge in [0.2, 0.25) is 0 Å². The molecule has 0 aliphatic carbocycles. The number of ether oxygens (including phenoxy) is 7. The number of amides is 2. The Labute approximate surface area is 407 Å². The number of rotatable bonds is 23. The summed E-state index contributed by atoms with van der Waals surface area (Å²) in [6.07, 6.45) is 5.80. The highest BCUT2D eigenvalue weighted by Gasteiger charge is 2.43. The van der Waals surface area contributed by atoms with E-state index in [0.717, 1.165) is 21.6 Å². The van der Waals surface area contributed by atoms with Crippen LogP contribution >= 0.6 is 0 Å². The highest BCUT2D eigenvalue weighted by molar-refractivity contribution is 6.73. The Morgan fingerprint density at radius 1 is 0.731 bits per heavy atom. The fraction of sp³-hybridized carbons (Fsp3) is 0.712. The molecule has 0 aliphatic rings. The maximum Gasteiger partial charge on any atom is 0.424 e. The van der Waals surface area contributed by atoms with Crippen molar-refractivity contribution in [2.75, 3.05) is 40.4 Å². The SMILES string of the molecule is COC(=O)/C(C)=C/C=C\[C@H](OC)[C@@H](CC(C)(C)[Si](C)(C)O)/C(C)=C/[C@H](C)[C@@H](OC)[C@H](C[C@H](C)[C@@H](OC)c1cc(CC(C)(C)[Si](C)(C)O)cc(N(C(=O)OC(C)(C)C)C(=O)OC(C)(C)C)c1)OC. The molecule has 0 saturated heterocycles. The van der Waals surface area contributed by atoms with Crippen LogP contribution in [-0.2, 0) is 44.4 Å². The zero-order valence-electron chi connectivity index (χ0n) is 45.6. The molecule has 0 unspecified atom stereocenters. The van der Waals surface area contributed by atoms with Crippen LogP contribution in [0.15, 0.2) is 53.6 Å². The third-order valence-electron chi connectivity index (χ3n) is 13.2. The molecule has 2 amide bonds. The van der Waals surface area contributed by atoms with E-state index in [9.17, 15) is 24.0 Å². The molecule has 1 rings (SSSR count). The van der Waals surface area contributed by atoms with Crippen LogP contribution in [0.3, 0.4) is 0 Å². The first-order valence-corrected chi connectivity index (χ1v) is 29.4. The van der Waals surface area contributed by atoms with Gasteiger partial charge >= 0.3 is 18.2 Å². The predicted octanol–water partition coefficient (Wildman–Crippen LogP) is 11.9. The molecule has 0 radical (unpaired) electrons. The molecule has 0 heterocycles. The van der Waals surface area contributed by atoms with Gasteiger partial charge in [-0.25, -0.2) is 14.4 Å². The molecular weight excluding hydrogens is 887 g/mol. The average molecular weight is 978 g/mol. The molecule has 2 N–H and O–H groups in total. The van der Waals surface area contributed by atoms with Gasteiger partial charge in [-0.15, -0.1) is 0 Å². The minimum atomic E-state index is -2.71. The number of hydrogen-bond acceptors (Lipinski definition) is 12. The zero-order chi connectivity index (χ0) is 52.3. The average Bonchev–Trinajstić information content (AvgIpc) is 3.16. The minimum Gasteiger partial charge on any atom is -0.466 e. The van der Waals surface area contributed by atoms with Gasteiger partial charge in [0, 0.05) is 45.8 Å². The van der Waals surface area contributed by atoms with Gasteiger partial charge in [0.05, 0.1) is 37.2 Å². The smallest absolute Gasteiger partial charge is 0.424 e. The van der Waals surface area contributed by atoms with E-state index in [1.807, 2.05) is 58.3 Å². The van der Waals surface area contributed by atoms with E-state index in [1.54, 1.807) is 95.1 Å². The molecule has 0 saturated carbocycles. The van der Waals surface area contributed by atoms with E-state index in [1.165, 1.54) is 7.11 Å². The second kappa shape index (κ2) is 25.1. The van der Waals surface area contributed by atoms with Crippen molar-refractivity contribution >= 4 is 40.5 Å². The van der Waals surface area contributed by atoms with E-state index < -0.39 is 69.3 Å². The van der Waals surface area contributed by atoms with Crippen LogP contribution in [0.2, 0.25) is 36.3 Å². The molecule has 0 fully saturated rings. The minimum absolute atomic E-state index is 0.133. The highest BCUT2D eigenvalue weighted by Crippen LogP contribution is 2.45. The lowest BCUT2D eigenvalue weighted by atomic mass is 9.82. The summed E-state index contributed by atoms with van der Waals surface area (Å²) < 4.78 is 41.3. The Kier molecular flexibility index (Phi) is 23.2. The van der Waals surface area contributed by atoms with Gasteiger partial charge in [-0.3, -0.25) is 0 Å². The molecule has 1 aromatic carbocycles. The number of carbonyl (C=O) groups is 3. The second-order valence-corrected chi connectivity index (χ2v) is 31.6. The van der Waals surface area contributed by atoms with Crippen molar-refractivity contribution in [3.8, 4) is 0 Å². The summed E-state index contributed by atoms with van der Waals surface area (Å²) in [6, 6.07) is 5.58. The van der Waals surface area contributed by atoms with Crippen LogP contribution in [0, 0.1) is 17.8 Å². The van der Waals surface area contributed by atoms with Gasteiger partial charge in [-0.05, 0) is 140 Å². The summed E-state index contributed by atoms with van der Waals surface area (Å²) in [5, 5.41) is -0.863. The Morgan fingerprint density at radius 2 is 1.25 bits per heavy atom. The molecule has 0 bridgehead atoms. The Morgan fingerprint density at radius 3 is 1.67 bits per heavy atom. The molecule has 67 heavy (non-hydrogen) atoms. The lowest BCUT2D eigenvalue weighted by Gasteiger charge is -2.40. The number of benzene rings is 1. The number of esters is 1. The standard InChI is InChI=1S/C52H91NO12Si2/c1-34(46(54)63-19)25-24-26-42(59-15)41(33-52(13,14)67(22,23)58)35(2)27-36(3)45(62-18)43(60-16)28-37(4)44(61-17)39-29-38(32-51(11,12)66(20,21)57)30-40(31-39)53(47(55)64-49(5,6)7)48(56)65-50(8,9)10/h24-27,29-31,36-37,41-45,57-58H,28,32-33H2,1-23H3/b26-24-,34-25+,35-27+/t36-,37-,41-,42-,43-,44+,45+/m0/s1. The number of allylic oxidation sites excluding steroid dienone is 2. The summed E-state index contributed by atoms with van der Waals surface area (Å²) in [5.74, 6) is -0.870. The van der Waals surface area contributed by atoms with Gasteiger partial charge in [-0.1, -0.05) is 77.5 Å². The molecule has 0 spiro atoms. The predicted molar refractivity (Wildman–Crippen MR) is 274 cm³/mol. The second-order valence-electron chi connectivity index (χ2n) is 22.6. The lowest BCUT2D eigenvalue weighted by molar-refractivity contribution is -0.136. The monoisotopic (exact) mass is 978 g/mol. The van der Waals surface area contributed by atoms with Crippen LogP contribution in [0.5, 0.6) is 0 Å². The number of anilines is 1. The molecule has 0 aromatic heterocycles. The zero-order valence-corrected chi connectivity index (χ0v) is 47.6. The molecule has 1 aromatic rings. The summed E-state index contributed by atoms with van der Waals surface area (Å²) in [6.45, 7) is 34.4. The van der Waals surface area contributed by atoms with E-state index in [-0.39, 0.29) is 34.6 Å². The number of imide groups is 1. The summed E-state index contributed by atoms with van der Waals surface area (Å²) >= 11 is 0. The number of methoxy groups -OCH3 is 5. The first-order valence-electron chi connectivity index (χ1n) is 23.5. The summed E-state index contributed by atoms with van der Waals surface area (Å²) in [7, 11) is 2.65. The van der Waals surface area contributed by atoms with Gasteiger partial charge in [0.25, 0.3) is 0 Å². The van der Waals surface area contributed by atoms with Crippen LogP contribution in [0.25, 0.3) is 0 Å². The molecular formula is C52H91NO12Si2. The maximum atomic E-state index is 13.9. The maximum absolute atomic E-state index is 13.9. The normalized spacial score (nSPS) is 17.0. The molecule has 15 heteroatoms. The van der Waals surface area contributed by atoms with Crippen molar-refractivity contribution in [2.24, 2.45) is 17.8 Å². The van der Waals surface area contributed by atoms with Crippen LogP contribution in [0.4, 0.5) is 15.3 Å². The molecule has 384 valence electrons. The fourth-order valence-electron chi connectivity index (χ4n) is 7.86. The van der Waals surface area contributed by atoms with Crippen LogP contribution in [-0.4, -0.2) is 109 Å². The van der Waals surface area contributed by atoms with Crippen molar-refractivity contribution in [1.29, 1.82) is 0 Å². The molecule has 0 aliphatic heterocycles. The third-order valence-corrected chi connectivity index (χ3v) is 20.2. The van der Waals surface area contributed by atoms with E-state index in [4.69, 9.17) is 33.2 Å². The van der Waals surface area contributed by atoms with Crippen LogP contribution in [0.1, 0.15) is 127 Å². The van der Waals surface area contributed by atoms with E-state index >= 15 is 0 Å². The number of carbonyl (C=O) groups excluding carboxylic acids is 3. The quantitative estimate of drug-likeness (QED) is 0.0267. The fourth-order valence-corrected chi connectivity index (χ4v) is 9.22. The number of nitrogens with zero attached hydrogens (tertiary/aromatic N) is 1. The Hall–Kier alpha value is -3.16. The third kappa shape index (κ3) is 18.9. The van der Waals surface area contributed by atoms with Crippen molar-refractivity contribution in [2.45, 2.75) is 188 Å². The first-order chi connectivity index (χ1) is 30.4. The van der Waals surface area contributed by atoms with Gasteiger partial charge in [-0.2, -0.15) is 4.90 Å². The lowest BCUT2D eigenvalue weighted by Crippen LogP contribution is -2.44. The summed E-state index contributed by atoms with van der Waals surface area (Å²) in [4.78, 5) is 63.6. The van der Waals surface area contributed by atoms with Gasteiger partial charge < -0.3 is 42.7 Å². The van der Waals surface area contributed by atoms with Gasteiger partial charge in [0.15, 0.2) is 16.6 Å². The van der Waals surface area contributed by atoms with E-state index in [0.29, 0.717) is 24.8 Å². The van der Waals surface area contributed by atoms with Crippen LogP contribution < -0.4 is 4.90 Å². The molecule has 7 atom stereocenters. The van der Waals surface area contributed by atoms with Gasteiger partial charge in [0.1, 0.15) is 11.2 Å². The largest absolute Gasteiger partial charge is 0.466 e. The van der Waals surface area contributed by atoms with Crippen molar-refractivity contribution in [1.82, 2.24) is 0 Å². The Bertz CT molecular complexity index is 1830. The van der Waals surface area contributed by atoms with Crippen molar-refractivity contribution < 1.29 is 57.1 Å². The summed E-state index contributed by atoms with van der Waals surface area (Å²) in [5.41, 5.74) is 1.48. The van der Waals surface area contributed by atoms with Crippen molar-refractivity contribution in [3.05, 3.63) is 64.8 Å². The molecule has 13 nitrogen and oxygen atoms in total. The first kappa shape index (κ1) is 61.9.